The van der Waals surface area contributed by atoms with Crippen LogP contribution in [0.5, 0.6) is 0 Å². The Morgan fingerprint density at radius 2 is 1.02 bits per heavy atom. The minimum atomic E-state index is -0.157. The van der Waals surface area contributed by atoms with Gasteiger partial charge in [-0.15, -0.1) is 0 Å². The summed E-state index contributed by atoms with van der Waals surface area (Å²) in [7, 11) is 0. The van der Waals surface area contributed by atoms with Crippen molar-refractivity contribution >= 4 is 79.2 Å². The van der Waals surface area contributed by atoms with Crippen LogP contribution in [0.2, 0.25) is 0 Å². The molecule has 3 nitrogen and oxygen atoms in total. The number of rotatable bonds is 3. The van der Waals surface area contributed by atoms with Crippen LogP contribution in [0.3, 0.4) is 0 Å². The summed E-state index contributed by atoms with van der Waals surface area (Å²) in [5.41, 5.74) is 20.6. The highest BCUT2D eigenvalue weighted by molar-refractivity contribution is 7.00. The van der Waals surface area contributed by atoms with Crippen molar-refractivity contribution in [3.8, 4) is 22.3 Å². The van der Waals surface area contributed by atoms with E-state index in [2.05, 4.69) is 187 Å². The van der Waals surface area contributed by atoms with Crippen LogP contribution in [0.15, 0.2) is 180 Å². The van der Waals surface area contributed by atoms with Gasteiger partial charge in [0, 0.05) is 50.2 Å². The maximum atomic E-state index is 6.44. The number of hydrogen-bond donors (Lipinski definition) is 0. The molecule has 258 valence electrons. The smallest absolute Gasteiger partial charge is 0.252 e. The molecule has 0 amide bonds. The number of para-hydroxylation sites is 4. The first-order chi connectivity index (χ1) is 27.1. The third-order valence-corrected chi connectivity index (χ3v) is 12.4. The van der Waals surface area contributed by atoms with Crippen LogP contribution in [0.4, 0.5) is 34.1 Å². The van der Waals surface area contributed by atoms with Crippen molar-refractivity contribution in [1.82, 2.24) is 0 Å². The average Bonchev–Trinajstić information content (AvgIpc) is 3.73. The Bertz CT molecular complexity index is 3050. The van der Waals surface area contributed by atoms with Gasteiger partial charge in [-0.2, -0.15) is 0 Å². The van der Waals surface area contributed by atoms with Crippen LogP contribution >= 0.6 is 0 Å². The van der Waals surface area contributed by atoms with Crippen LogP contribution in [-0.4, -0.2) is 6.71 Å². The van der Waals surface area contributed by atoms with Gasteiger partial charge in [0.25, 0.3) is 6.71 Å². The lowest BCUT2D eigenvalue weighted by Gasteiger charge is -2.44. The minimum Gasteiger partial charge on any atom is -0.455 e. The number of anilines is 6. The third kappa shape index (κ3) is 4.11. The molecule has 0 fully saturated rings. The Balaban J connectivity index is 1.05. The molecule has 55 heavy (non-hydrogen) atoms. The largest absolute Gasteiger partial charge is 0.455 e. The first-order valence-electron chi connectivity index (χ1n) is 19.2. The molecule has 0 bridgehead atoms. The van der Waals surface area contributed by atoms with E-state index in [1.807, 2.05) is 12.1 Å². The van der Waals surface area contributed by atoms with E-state index in [0.717, 1.165) is 38.8 Å². The van der Waals surface area contributed by atoms with E-state index < -0.39 is 0 Å². The van der Waals surface area contributed by atoms with Crippen LogP contribution in [-0.2, 0) is 5.41 Å². The molecule has 8 aromatic carbocycles. The zero-order valence-electron chi connectivity index (χ0n) is 30.6. The van der Waals surface area contributed by atoms with Gasteiger partial charge in [-0.3, -0.25) is 0 Å². The highest BCUT2D eigenvalue weighted by Crippen LogP contribution is 2.55. The van der Waals surface area contributed by atoms with E-state index in [-0.39, 0.29) is 12.1 Å². The first kappa shape index (κ1) is 30.7. The van der Waals surface area contributed by atoms with Gasteiger partial charge in [0.05, 0.1) is 5.69 Å². The number of furan rings is 1. The molecule has 0 spiro atoms. The van der Waals surface area contributed by atoms with E-state index in [4.69, 9.17) is 4.42 Å². The van der Waals surface area contributed by atoms with Gasteiger partial charge in [-0.25, -0.2) is 0 Å². The highest BCUT2D eigenvalue weighted by Gasteiger charge is 2.45. The molecular weight excluding hydrogens is 667 g/mol. The van der Waals surface area contributed by atoms with Gasteiger partial charge >= 0.3 is 0 Å². The topological polar surface area (TPSA) is 19.6 Å². The maximum Gasteiger partial charge on any atom is 0.252 e. The first-order valence-corrected chi connectivity index (χ1v) is 19.2. The fourth-order valence-electron chi connectivity index (χ4n) is 10.1. The second-order valence-electron chi connectivity index (χ2n) is 15.6. The molecule has 0 saturated carbocycles. The second kappa shape index (κ2) is 11.1. The van der Waals surface area contributed by atoms with Crippen molar-refractivity contribution in [2.45, 2.75) is 19.3 Å². The lowest BCUT2D eigenvalue weighted by Crippen LogP contribution is -2.61. The van der Waals surface area contributed by atoms with Gasteiger partial charge in [-0.05, 0) is 92.7 Å². The molecule has 3 aliphatic rings. The molecule has 0 unspecified atom stereocenters. The number of hydrogen-bond acceptors (Lipinski definition) is 3. The molecule has 4 heteroatoms. The Morgan fingerprint density at radius 1 is 0.455 bits per heavy atom. The van der Waals surface area contributed by atoms with Crippen LogP contribution in [0.1, 0.15) is 25.0 Å². The Kier molecular flexibility index (Phi) is 6.20. The lowest BCUT2D eigenvalue weighted by molar-refractivity contribution is 0.661. The van der Waals surface area contributed by atoms with Gasteiger partial charge in [0.15, 0.2) is 0 Å². The number of fused-ring (bicyclic) bond motifs is 10. The summed E-state index contributed by atoms with van der Waals surface area (Å²) in [6.45, 7) is 4.87. The summed E-state index contributed by atoms with van der Waals surface area (Å²) in [5, 5.41) is 2.29. The summed E-state index contributed by atoms with van der Waals surface area (Å²) in [5.74, 6) is 0. The van der Waals surface area contributed by atoms with E-state index in [1.165, 1.54) is 67.1 Å². The van der Waals surface area contributed by atoms with Crippen molar-refractivity contribution < 1.29 is 4.42 Å². The average molecular weight is 703 g/mol. The van der Waals surface area contributed by atoms with Crippen molar-refractivity contribution in [2.75, 3.05) is 9.80 Å². The number of benzene rings is 8. The molecular formula is C51H35BN2O. The molecule has 3 heterocycles. The second-order valence-corrected chi connectivity index (χ2v) is 15.6. The van der Waals surface area contributed by atoms with Gasteiger partial charge in [0.2, 0.25) is 0 Å². The minimum absolute atomic E-state index is 0.0954. The Hall–Kier alpha value is -6.78. The fraction of sp³-hybridized carbons (Fsp3) is 0.0588. The maximum absolute atomic E-state index is 6.44. The lowest BCUT2D eigenvalue weighted by atomic mass is 9.33. The predicted molar refractivity (Wildman–Crippen MR) is 231 cm³/mol. The van der Waals surface area contributed by atoms with Gasteiger partial charge in [-0.1, -0.05) is 141 Å². The van der Waals surface area contributed by atoms with Crippen LogP contribution in [0.25, 0.3) is 44.2 Å². The zero-order valence-corrected chi connectivity index (χ0v) is 30.6. The van der Waals surface area contributed by atoms with Crippen LogP contribution < -0.4 is 26.2 Å². The molecule has 1 aliphatic carbocycles. The van der Waals surface area contributed by atoms with E-state index in [1.54, 1.807) is 0 Å². The van der Waals surface area contributed by atoms with Crippen molar-refractivity contribution in [1.29, 1.82) is 0 Å². The molecule has 0 atom stereocenters. The quantitative estimate of drug-likeness (QED) is 0.171. The van der Waals surface area contributed by atoms with Crippen molar-refractivity contribution in [2.24, 2.45) is 0 Å². The molecule has 12 rings (SSSR count). The monoisotopic (exact) mass is 702 g/mol. The third-order valence-electron chi connectivity index (χ3n) is 12.4. The normalized spacial score (nSPS) is 14.4. The van der Waals surface area contributed by atoms with E-state index >= 15 is 0 Å². The Labute approximate surface area is 320 Å². The summed E-state index contributed by atoms with van der Waals surface area (Å²) >= 11 is 0. The molecule has 9 aromatic rings. The molecule has 2 aliphatic heterocycles. The van der Waals surface area contributed by atoms with E-state index in [0.29, 0.717) is 0 Å². The summed E-state index contributed by atoms with van der Waals surface area (Å²) in [4.78, 5) is 5.03. The summed E-state index contributed by atoms with van der Waals surface area (Å²) in [6, 6.07) is 64.5. The molecule has 0 N–H and O–H groups in total. The molecule has 1 aromatic heterocycles. The van der Waals surface area contributed by atoms with Crippen molar-refractivity contribution in [3.63, 3.8) is 0 Å². The fourth-order valence-corrected chi connectivity index (χ4v) is 10.1. The predicted octanol–water partition coefficient (Wildman–Crippen LogP) is 11.6. The van der Waals surface area contributed by atoms with E-state index in [9.17, 15) is 0 Å². The van der Waals surface area contributed by atoms with Crippen LogP contribution in [0, 0.1) is 0 Å². The molecule has 0 radical (unpaired) electrons. The Morgan fingerprint density at radius 3 is 1.84 bits per heavy atom. The number of nitrogens with zero attached hydrogens (tertiary/aromatic N) is 2. The summed E-state index contributed by atoms with van der Waals surface area (Å²) < 4.78 is 6.44. The highest BCUT2D eigenvalue weighted by atomic mass is 16.3. The van der Waals surface area contributed by atoms with Crippen molar-refractivity contribution in [3.05, 3.63) is 187 Å². The standard InChI is InChI=1S/C51H35BN2O/c1-51(2)39-19-5-3-14-35(39)37-17-12-24-44(48(37)51)54-43-23-9-7-21-41(43)52-40-20-6-8-22-42(40)53(45-25-13-26-46(54)49(45)52)33-30-28-32(29-31-33)34-16-11-18-38-36-15-4-10-27-47(36)55-50(34)38/h3-31H,1-2H3. The summed E-state index contributed by atoms with van der Waals surface area (Å²) in [6.07, 6.45) is 0. The molecule has 0 saturated heterocycles. The van der Waals surface area contributed by atoms with Gasteiger partial charge < -0.3 is 14.2 Å². The van der Waals surface area contributed by atoms with Gasteiger partial charge in [0.1, 0.15) is 11.2 Å². The zero-order chi connectivity index (χ0) is 36.4. The SMILES string of the molecule is CC1(C)c2ccccc2-c2cccc(N3c4ccccc4B4c5ccccc5N(c5ccc(-c6cccc7c6oc6ccccc67)cc5)c5cccc3c54)c21.